The second-order valence-electron chi connectivity index (χ2n) is 9.03. The van der Waals surface area contributed by atoms with Crippen LogP contribution in [0.1, 0.15) is 51.0 Å². The van der Waals surface area contributed by atoms with Gasteiger partial charge in [0.1, 0.15) is 5.56 Å². The monoisotopic (exact) mass is 467 g/mol. The minimum absolute atomic E-state index is 0.0351. The molecule has 0 bridgehead atoms. The number of benzene rings is 1. The Morgan fingerprint density at radius 1 is 1.29 bits per heavy atom. The van der Waals surface area contributed by atoms with Gasteiger partial charge < -0.3 is 14.1 Å². The number of carboxylic acid groups (broad SMARTS) is 1. The molecule has 2 atom stereocenters. The largest absolute Gasteiger partial charge is 0.477 e. The molecule has 5 nitrogen and oxygen atoms in total. The van der Waals surface area contributed by atoms with Gasteiger partial charge in [-0.1, -0.05) is 43.6 Å². The Labute approximate surface area is 176 Å². The Kier molecular flexibility index (Phi) is 6.63. The summed E-state index contributed by atoms with van der Waals surface area (Å²) in [6.45, 7) is 15.8. The summed E-state index contributed by atoms with van der Waals surface area (Å²) >= 11 is 3.37. The van der Waals surface area contributed by atoms with E-state index in [1.165, 1.54) is 6.20 Å². The maximum absolute atomic E-state index is 12.6. The van der Waals surface area contributed by atoms with E-state index < -0.39 is 19.7 Å². The van der Waals surface area contributed by atoms with E-state index in [0.717, 1.165) is 9.99 Å². The van der Waals surface area contributed by atoms with E-state index in [-0.39, 0.29) is 22.6 Å². The van der Waals surface area contributed by atoms with Crippen LogP contribution in [0, 0.1) is 5.92 Å². The molecular weight excluding hydrogens is 438 g/mol. The van der Waals surface area contributed by atoms with Gasteiger partial charge in [-0.25, -0.2) is 4.79 Å². The molecule has 0 aliphatic carbocycles. The molecular formula is C21H30BrNO4Si. The predicted octanol–water partition coefficient (Wildman–Crippen LogP) is 5.68. The standard InChI is InChI=1S/C21H30BrNO4Si/c1-13(12-27-28(6,7)21(3,4)5)14(2)23-11-17(20(25)26)19(24)16-10-15(22)8-9-18(16)23/h8-11,13-14H,12H2,1-7H3,(H,25,26). The van der Waals surface area contributed by atoms with Crippen molar-refractivity contribution >= 4 is 41.1 Å². The van der Waals surface area contributed by atoms with Crippen LogP contribution in [0.4, 0.5) is 0 Å². The number of hydrogen-bond acceptors (Lipinski definition) is 3. The van der Waals surface area contributed by atoms with E-state index in [1.54, 1.807) is 6.07 Å². The maximum Gasteiger partial charge on any atom is 0.341 e. The normalized spacial score (nSPS) is 14.9. The molecule has 7 heteroatoms. The molecule has 28 heavy (non-hydrogen) atoms. The number of hydrogen-bond donors (Lipinski definition) is 1. The lowest BCUT2D eigenvalue weighted by Crippen LogP contribution is -2.42. The molecule has 2 rings (SSSR count). The summed E-state index contributed by atoms with van der Waals surface area (Å²) < 4.78 is 9.01. The lowest BCUT2D eigenvalue weighted by atomic mass is 10.0. The van der Waals surface area contributed by atoms with E-state index in [9.17, 15) is 14.7 Å². The lowest BCUT2D eigenvalue weighted by molar-refractivity contribution is 0.0694. The predicted molar refractivity (Wildman–Crippen MR) is 120 cm³/mol. The summed E-state index contributed by atoms with van der Waals surface area (Å²) in [6.07, 6.45) is 1.47. The van der Waals surface area contributed by atoms with Gasteiger partial charge in [-0.05, 0) is 49.2 Å². The molecule has 1 aromatic heterocycles. The quantitative estimate of drug-likeness (QED) is 0.554. The first-order valence-electron chi connectivity index (χ1n) is 9.48. The highest BCUT2D eigenvalue weighted by atomic mass is 79.9. The third kappa shape index (κ3) is 4.58. The molecule has 2 unspecified atom stereocenters. The Balaban J connectivity index is 2.44. The summed E-state index contributed by atoms with van der Waals surface area (Å²) in [5.41, 5.74) is 0.0530. The van der Waals surface area contributed by atoms with E-state index in [4.69, 9.17) is 4.43 Å². The molecule has 0 fully saturated rings. The van der Waals surface area contributed by atoms with Gasteiger partial charge >= 0.3 is 5.97 Å². The van der Waals surface area contributed by atoms with Gasteiger partial charge in [-0.15, -0.1) is 0 Å². The number of aromatic nitrogens is 1. The van der Waals surface area contributed by atoms with Crippen molar-refractivity contribution in [2.75, 3.05) is 6.61 Å². The van der Waals surface area contributed by atoms with Gasteiger partial charge in [0, 0.05) is 28.7 Å². The van der Waals surface area contributed by atoms with Crippen LogP contribution >= 0.6 is 15.9 Å². The van der Waals surface area contributed by atoms with Crippen LogP contribution in [0.5, 0.6) is 0 Å². The summed E-state index contributed by atoms with van der Waals surface area (Å²) in [7, 11) is -1.87. The highest BCUT2D eigenvalue weighted by Gasteiger charge is 2.37. The van der Waals surface area contributed by atoms with E-state index in [0.29, 0.717) is 12.0 Å². The van der Waals surface area contributed by atoms with E-state index >= 15 is 0 Å². The van der Waals surface area contributed by atoms with Crippen molar-refractivity contribution in [3.63, 3.8) is 0 Å². The molecule has 1 N–H and O–H groups in total. The van der Waals surface area contributed by atoms with Gasteiger partial charge in [0.15, 0.2) is 8.32 Å². The molecule has 0 saturated carbocycles. The molecule has 0 aliphatic heterocycles. The molecule has 1 heterocycles. The lowest BCUT2D eigenvalue weighted by Gasteiger charge is -2.38. The second-order valence-corrected chi connectivity index (χ2v) is 14.8. The SMILES string of the molecule is CC(CO[Si](C)(C)C(C)(C)C)C(C)n1cc(C(=O)O)c(=O)c2cc(Br)ccc21. The van der Waals surface area contributed by atoms with Crippen molar-refractivity contribution in [3.8, 4) is 0 Å². The first-order valence-corrected chi connectivity index (χ1v) is 13.2. The zero-order valence-electron chi connectivity index (χ0n) is 17.7. The van der Waals surface area contributed by atoms with Gasteiger partial charge in [-0.2, -0.15) is 0 Å². The fourth-order valence-electron chi connectivity index (χ4n) is 2.79. The number of fused-ring (bicyclic) bond motifs is 1. The second kappa shape index (κ2) is 8.12. The number of carbonyl (C=O) groups is 1. The maximum atomic E-state index is 12.6. The van der Waals surface area contributed by atoms with Crippen molar-refractivity contribution in [1.82, 2.24) is 4.57 Å². The number of nitrogens with zero attached hydrogens (tertiary/aromatic N) is 1. The van der Waals surface area contributed by atoms with Crippen LogP contribution in [0.15, 0.2) is 33.7 Å². The first-order chi connectivity index (χ1) is 12.8. The zero-order chi connectivity index (χ0) is 21.4. The molecule has 2 aromatic rings. The molecule has 0 radical (unpaired) electrons. The summed E-state index contributed by atoms with van der Waals surface area (Å²) in [5, 5.41) is 10.0. The third-order valence-electron chi connectivity index (χ3n) is 6.00. The van der Waals surface area contributed by atoms with Crippen LogP contribution in [0.3, 0.4) is 0 Å². The number of pyridine rings is 1. The highest BCUT2D eigenvalue weighted by molar-refractivity contribution is 9.10. The van der Waals surface area contributed by atoms with Crippen molar-refractivity contribution in [1.29, 1.82) is 0 Å². The fraction of sp³-hybridized carbons (Fsp3) is 0.524. The Morgan fingerprint density at radius 3 is 2.43 bits per heavy atom. The van der Waals surface area contributed by atoms with Crippen LogP contribution in [-0.2, 0) is 4.43 Å². The van der Waals surface area contributed by atoms with E-state index in [1.807, 2.05) is 23.6 Å². The minimum Gasteiger partial charge on any atom is -0.477 e. The van der Waals surface area contributed by atoms with Crippen molar-refractivity contribution < 1.29 is 14.3 Å². The van der Waals surface area contributed by atoms with Crippen LogP contribution in [0.2, 0.25) is 18.1 Å². The van der Waals surface area contributed by atoms with Crippen molar-refractivity contribution in [3.05, 3.63) is 44.7 Å². The van der Waals surface area contributed by atoms with Crippen molar-refractivity contribution in [2.24, 2.45) is 5.92 Å². The molecule has 0 aliphatic rings. The topological polar surface area (TPSA) is 68.5 Å². The Morgan fingerprint density at radius 2 is 1.89 bits per heavy atom. The summed E-state index contributed by atoms with van der Waals surface area (Å²) in [6, 6.07) is 5.36. The van der Waals surface area contributed by atoms with Crippen LogP contribution in [0.25, 0.3) is 10.9 Å². The van der Waals surface area contributed by atoms with Crippen LogP contribution < -0.4 is 5.43 Å². The first kappa shape index (κ1) is 22.8. The van der Waals surface area contributed by atoms with Gasteiger partial charge in [-0.3, -0.25) is 4.79 Å². The zero-order valence-corrected chi connectivity index (χ0v) is 20.3. The Hall–Kier alpha value is -1.44. The molecule has 0 amide bonds. The smallest absolute Gasteiger partial charge is 0.341 e. The average Bonchev–Trinajstić information content (AvgIpc) is 2.58. The van der Waals surface area contributed by atoms with E-state index in [2.05, 4.69) is 56.7 Å². The van der Waals surface area contributed by atoms with Gasteiger partial charge in [0.2, 0.25) is 5.43 Å². The molecule has 0 saturated heterocycles. The highest BCUT2D eigenvalue weighted by Crippen LogP contribution is 2.37. The third-order valence-corrected chi connectivity index (χ3v) is 11.0. The summed E-state index contributed by atoms with van der Waals surface area (Å²) in [4.78, 5) is 24.2. The number of carboxylic acids is 1. The number of aromatic carboxylic acids is 1. The van der Waals surface area contributed by atoms with Crippen molar-refractivity contribution in [2.45, 2.75) is 58.8 Å². The number of halogens is 1. The van der Waals surface area contributed by atoms with Gasteiger partial charge in [0.05, 0.1) is 5.52 Å². The molecule has 0 spiro atoms. The average molecular weight is 468 g/mol. The number of rotatable bonds is 6. The Bertz CT molecular complexity index is 946. The molecule has 1 aromatic carbocycles. The van der Waals surface area contributed by atoms with Gasteiger partial charge in [0.25, 0.3) is 0 Å². The molecule has 154 valence electrons. The fourth-order valence-corrected chi connectivity index (χ4v) is 4.26. The summed E-state index contributed by atoms with van der Waals surface area (Å²) in [5.74, 6) is -1.07. The van der Waals surface area contributed by atoms with Crippen LogP contribution in [-0.4, -0.2) is 30.6 Å². The minimum atomic E-state index is -1.87.